The number of benzene rings is 1. The maximum absolute atomic E-state index is 12.7. The van der Waals surface area contributed by atoms with Crippen LogP contribution in [0, 0.1) is 0 Å². The Kier molecular flexibility index (Phi) is 4.98. The first-order valence-corrected chi connectivity index (χ1v) is 10.1. The Labute approximate surface area is 170 Å². The predicted molar refractivity (Wildman–Crippen MR) is 107 cm³/mol. The van der Waals surface area contributed by atoms with E-state index in [9.17, 15) is 14.4 Å². The van der Waals surface area contributed by atoms with Crippen molar-refractivity contribution in [2.24, 2.45) is 7.05 Å². The number of hydrogen-bond donors (Lipinski definition) is 2. The van der Waals surface area contributed by atoms with Crippen LogP contribution in [0.25, 0.3) is 5.57 Å². The van der Waals surface area contributed by atoms with Crippen LogP contribution in [0.4, 0.5) is 0 Å². The van der Waals surface area contributed by atoms with E-state index in [-0.39, 0.29) is 29.3 Å². The zero-order chi connectivity index (χ0) is 19.8. The Morgan fingerprint density at radius 2 is 2.07 bits per heavy atom. The number of nitrogens with zero attached hydrogens (tertiary/aromatic N) is 4. The third-order valence-electron chi connectivity index (χ3n) is 4.68. The highest BCUT2D eigenvalue weighted by atomic mass is 32.2. The molecule has 8 nitrogen and oxygen atoms in total. The van der Waals surface area contributed by atoms with Crippen LogP contribution in [0.3, 0.4) is 0 Å². The lowest BCUT2D eigenvalue weighted by Gasteiger charge is -2.49. The van der Waals surface area contributed by atoms with E-state index < -0.39 is 11.2 Å². The van der Waals surface area contributed by atoms with Crippen LogP contribution in [0.15, 0.2) is 42.4 Å². The minimum absolute atomic E-state index is 0.195. The summed E-state index contributed by atoms with van der Waals surface area (Å²) in [6.07, 6.45) is 1.73. The zero-order valence-electron chi connectivity index (χ0n) is 14.9. The largest absolute Gasteiger partial charge is 0.341 e. The Balaban J connectivity index is 1.53. The van der Waals surface area contributed by atoms with Gasteiger partial charge in [-0.1, -0.05) is 43.0 Å². The molecular weight excluding hydrogens is 398 g/mol. The Hall–Kier alpha value is -2.59. The van der Waals surface area contributed by atoms with Crippen LogP contribution in [-0.4, -0.2) is 53.8 Å². The topological polar surface area (TPSA) is 97.2 Å². The molecule has 2 amide bonds. The summed E-state index contributed by atoms with van der Waals surface area (Å²) in [6.45, 7) is 0. The van der Waals surface area contributed by atoms with Crippen molar-refractivity contribution in [3.8, 4) is 0 Å². The molecular formula is C18H17N5O3S2. The van der Waals surface area contributed by atoms with Gasteiger partial charge in [0, 0.05) is 18.4 Å². The molecule has 0 unspecified atom stereocenters. The van der Waals surface area contributed by atoms with Gasteiger partial charge in [-0.3, -0.25) is 19.3 Å². The number of carbonyl (C=O) groups excluding carboxylic acids is 3. The summed E-state index contributed by atoms with van der Waals surface area (Å²) in [5.41, 5.74) is 1.70. The molecule has 0 spiro atoms. The number of thioether (sulfide) groups is 1. The fourth-order valence-electron chi connectivity index (χ4n) is 3.35. The maximum Gasteiger partial charge on any atom is 0.253 e. The smallest absolute Gasteiger partial charge is 0.253 e. The number of amides is 2. The lowest BCUT2D eigenvalue weighted by Crippen LogP contribution is -2.70. The van der Waals surface area contributed by atoms with Crippen LogP contribution in [0.1, 0.15) is 11.4 Å². The molecule has 0 aliphatic carbocycles. The van der Waals surface area contributed by atoms with Crippen molar-refractivity contribution in [3.05, 3.63) is 53.7 Å². The summed E-state index contributed by atoms with van der Waals surface area (Å²) in [7, 11) is 1.77. The summed E-state index contributed by atoms with van der Waals surface area (Å²) < 4.78 is 1.69. The summed E-state index contributed by atoms with van der Waals surface area (Å²) in [5.74, 6) is 0.434. The molecule has 2 aliphatic rings. The van der Waals surface area contributed by atoms with Gasteiger partial charge in [0.15, 0.2) is 5.82 Å². The second kappa shape index (κ2) is 7.44. The highest BCUT2D eigenvalue weighted by molar-refractivity contribution is 8.00. The van der Waals surface area contributed by atoms with Gasteiger partial charge in [-0.15, -0.1) is 22.0 Å². The Morgan fingerprint density at radius 1 is 1.32 bits per heavy atom. The standard InChI is InChI=1S/C18H17N5O3S2/c1-22-9-19-21-15(22)11-8-28-17-13(16(25)23(17)14(11)18(26)27)20-12(24)7-10-5-3-2-4-6-10/h2-6,9,13,17H,7-8H2,1H3,(H,20,24)(H,26,27)/t13-,17-/m1/s1. The van der Waals surface area contributed by atoms with Crippen LogP contribution in [0.5, 0.6) is 0 Å². The van der Waals surface area contributed by atoms with Gasteiger partial charge in [0.05, 0.1) is 6.42 Å². The van der Waals surface area contributed by atoms with Gasteiger partial charge in [0.2, 0.25) is 11.0 Å². The molecule has 28 heavy (non-hydrogen) atoms. The van der Waals surface area contributed by atoms with E-state index in [1.807, 2.05) is 30.3 Å². The van der Waals surface area contributed by atoms with E-state index in [1.54, 1.807) is 11.6 Å². The number of aryl methyl sites for hydroxylation is 1. The van der Waals surface area contributed by atoms with Crippen LogP contribution in [-0.2, 0) is 27.9 Å². The first-order chi connectivity index (χ1) is 13.5. The summed E-state index contributed by atoms with van der Waals surface area (Å²) in [4.78, 5) is 38.7. The Bertz CT molecular complexity index is 988. The molecule has 2 aromatic rings. The van der Waals surface area contributed by atoms with Gasteiger partial charge in [-0.2, -0.15) is 0 Å². The van der Waals surface area contributed by atoms with Crippen molar-refractivity contribution in [3.63, 3.8) is 0 Å². The van der Waals surface area contributed by atoms with Crippen molar-refractivity contribution in [1.29, 1.82) is 0 Å². The quantitative estimate of drug-likeness (QED) is 0.549. The van der Waals surface area contributed by atoms with E-state index >= 15 is 0 Å². The second-order valence-electron chi connectivity index (χ2n) is 6.52. The fourth-order valence-corrected chi connectivity index (χ4v) is 4.93. The number of β-lactam (4-membered cyclic amide) rings is 1. The minimum atomic E-state index is -0.662. The monoisotopic (exact) mass is 415 g/mol. The molecule has 1 aromatic carbocycles. The van der Waals surface area contributed by atoms with E-state index in [1.165, 1.54) is 23.0 Å². The van der Waals surface area contributed by atoms with E-state index in [2.05, 4.69) is 28.1 Å². The molecule has 1 N–H and O–H groups in total. The summed E-state index contributed by atoms with van der Waals surface area (Å²) in [6, 6.07) is 8.66. The molecule has 1 saturated heterocycles. The number of hydrogen-bond acceptors (Lipinski definition) is 6. The lowest BCUT2D eigenvalue weighted by molar-refractivity contribution is -0.146. The van der Waals surface area contributed by atoms with Gasteiger partial charge in [0.1, 0.15) is 23.4 Å². The average molecular weight is 416 g/mol. The second-order valence-corrected chi connectivity index (χ2v) is 8.03. The molecule has 2 aliphatic heterocycles. The van der Waals surface area contributed by atoms with Gasteiger partial charge < -0.3 is 9.88 Å². The molecule has 1 fully saturated rings. The summed E-state index contributed by atoms with van der Waals surface area (Å²) >= 11 is 5.44. The van der Waals surface area contributed by atoms with Crippen LogP contribution in [0.2, 0.25) is 0 Å². The van der Waals surface area contributed by atoms with Crippen molar-refractivity contribution in [1.82, 2.24) is 25.0 Å². The van der Waals surface area contributed by atoms with Crippen LogP contribution < -0.4 is 5.32 Å². The number of rotatable bonds is 5. The highest BCUT2D eigenvalue weighted by Crippen LogP contribution is 2.43. The van der Waals surface area contributed by atoms with E-state index in [4.69, 9.17) is 0 Å². The number of nitrogens with one attached hydrogen (secondary N) is 1. The predicted octanol–water partition coefficient (Wildman–Crippen LogP) is 0.625. The van der Waals surface area contributed by atoms with E-state index in [0.29, 0.717) is 17.2 Å². The van der Waals surface area contributed by atoms with Crippen molar-refractivity contribution >= 4 is 46.9 Å². The van der Waals surface area contributed by atoms with Crippen molar-refractivity contribution in [2.45, 2.75) is 17.8 Å². The molecule has 0 radical (unpaired) electrons. The normalized spacial score (nSPS) is 21.2. The third-order valence-corrected chi connectivity index (χ3v) is 6.17. The van der Waals surface area contributed by atoms with Crippen LogP contribution >= 0.6 is 24.4 Å². The molecule has 4 rings (SSSR count). The number of thiol groups is 1. The SMILES string of the molecule is Cn1cnnc1C1=C(C(=O)S)N2C(=O)[C@@H](NC(=O)Cc3ccccc3)[C@H]2SC1. The molecule has 1 aromatic heterocycles. The number of aromatic nitrogens is 3. The fraction of sp³-hybridized carbons (Fsp3) is 0.278. The van der Waals surface area contributed by atoms with Gasteiger partial charge in [-0.25, -0.2) is 0 Å². The van der Waals surface area contributed by atoms with Gasteiger partial charge in [0.25, 0.3) is 5.91 Å². The first-order valence-electron chi connectivity index (χ1n) is 8.56. The molecule has 2 atom stereocenters. The van der Waals surface area contributed by atoms with Gasteiger partial charge in [-0.05, 0) is 5.56 Å². The molecule has 0 saturated carbocycles. The third kappa shape index (κ3) is 3.22. The molecule has 144 valence electrons. The molecule has 0 bridgehead atoms. The lowest BCUT2D eigenvalue weighted by atomic mass is 10.0. The summed E-state index contributed by atoms with van der Waals surface area (Å²) in [5, 5.41) is 9.83. The maximum atomic E-state index is 12.7. The highest BCUT2D eigenvalue weighted by Gasteiger charge is 2.54. The van der Waals surface area contributed by atoms with Crippen molar-refractivity contribution in [2.75, 3.05) is 5.75 Å². The van der Waals surface area contributed by atoms with E-state index in [0.717, 1.165) is 5.56 Å². The molecule has 3 heterocycles. The Morgan fingerprint density at radius 3 is 2.71 bits per heavy atom. The average Bonchev–Trinajstić information content (AvgIpc) is 3.11. The number of carbonyl (C=O) groups is 3. The zero-order valence-corrected chi connectivity index (χ0v) is 16.6. The minimum Gasteiger partial charge on any atom is -0.341 e. The van der Waals surface area contributed by atoms with Gasteiger partial charge >= 0.3 is 0 Å². The first kappa shape index (κ1) is 18.8. The number of fused-ring (bicyclic) bond motifs is 1. The van der Waals surface area contributed by atoms with Crippen molar-refractivity contribution < 1.29 is 14.4 Å². The molecule has 10 heteroatoms.